The summed E-state index contributed by atoms with van der Waals surface area (Å²) >= 11 is 1.81. The van der Waals surface area contributed by atoms with Crippen molar-refractivity contribution in [3.05, 3.63) is 83.9 Å². The van der Waals surface area contributed by atoms with E-state index in [4.69, 9.17) is 20.9 Å². The van der Waals surface area contributed by atoms with Crippen molar-refractivity contribution >= 4 is 58.1 Å². The van der Waals surface area contributed by atoms with Gasteiger partial charge in [0.15, 0.2) is 0 Å². The van der Waals surface area contributed by atoms with Gasteiger partial charge < -0.3 is 26.3 Å². The normalized spacial score (nSPS) is 13.4. The number of carbonyl (C=O) groups excluding carboxylic acids is 2. The number of halogens is 2. The number of primary amides is 1. The van der Waals surface area contributed by atoms with Crippen LogP contribution in [0.15, 0.2) is 72.8 Å². The minimum absolute atomic E-state index is 0. The number of nitrogens with one attached hydrogen (secondary N) is 1. The molecule has 45 heavy (non-hydrogen) atoms. The monoisotopic (exact) mass is 672 g/mol. The molecule has 1 atom stereocenters. The molecule has 0 saturated carbocycles. The van der Waals surface area contributed by atoms with Crippen molar-refractivity contribution in [2.45, 2.75) is 38.1 Å². The van der Waals surface area contributed by atoms with Crippen molar-refractivity contribution in [1.82, 2.24) is 10.2 Å². The number of hydrogen-bond acceptors (Lipinski definition) is 7. The Kier molecular flexibility index (Phi) is 14.4. The summed E-state index contributed by atoms with van der Waals surface area (Å²) < 4.78 is 13.2. The Labute approximate surface area is 281 Å². The number of thiophene rings is 1. The van der Waals surface area contributed by atoms with Gasteiger partial charge in [0.05, 0.1) is 19.1 Å². The zero-order valence-electron chi connectivity index (χ0n) is 25.2. The molecule has 0 spiro atoms. The van der Waals surface area contributed by atoms with E-state index in [1.807, 2.05) is 23.5 Å². The Morgan fingerprint density at radius 3 is 2.22 bits per heavy atom. The van der Waals surface area contributed by atoms with E-state index in [9.17, 15) is 9.59 Å². The quantitative estimate of drug-likeness (QED) is 0.142. The lowest BCUT2D eigenvalue weighted by molar-refractivity contribution is -0.126. The molecular weight excluding hydrogens is 631 g/mol. The van der Waals surface area contributed by atoms with Crippen LogP contribution in [-0.2, 0) is 16.0 Å². The highest BCUT2D eigenvalue weighted by Crippen LogP contribution is 2.40. The molecule has 4 aromatic rings. The molecule has 1 aliphatic rings. The lowest BCUT2D eigenvalue weighted by Crippen LogP contribution is -2.43. The minimum atomic E-state index is -0.923. The Balaban J connectivity index is 0.00000276. The molecule has 242 valence electrons. The van der Waals surface area contributed by atoms with Crippen molar-refractivity contribution in [3.63, 3.8) is 0 Å². The third kappa shape index (κ3) is 10.3. The van der Waals surface area contributed by atoms with Gasteiger partial charge in [0.1, 0.15) is 18.1 Å². The van der Waals surface area contributed by atoms with Crippen LogP contribution in [0.2, 0.25) is 0 Å². The number of nitrogens with two attached hydrogens (primary N) is 2. The van der Waals surface area contributed by atoms with Gasteiger partial charge in [-0.05, 0) is 103 Å². The summed E-state index contributed by atoms with van der Waals surface area (Å²) in [4.78, 5) is 26.5. The van der Waals surface area contributed by atoms with Crippen molar-refractivity contribution in [1.29, 1.82) is 0 Å². The maximum absolute atomic E-state index is 11.9. The van der Waals surface area contributed by atoms with Crippen molar-refractivity contribution in [2.75, 3.05) is 39.4 Å². The number of nitrogens with zero attached hydrogens (tertiary/aromatic N) is 1. The maximum Gasteiger partial charge on any atom is 0.237 e. The van der Waals surface area contributed by atoms with E-state index in [1.54, 1.807) is 0 Å². The summed E-state index contributed by atoms with van der Waals surface area (Å²) in [5, 5.41) is 3.99. The standard InChI is InChI=1S/C34H40N4O4S.2ClH/c35-30(23-32(36)39)34(40)37-16-5-20-41-27-14-10-25(11-15-27)33-29(28-6-1-2-7-31(28)43-33)22-24-8-12-26(13-9-24)42-21-19-38-17-3-4-18-38;;/h1-2,6-15,30H,3-5,16-23,35H2,(H2,36,39)(H,37,40);2*1H. The van der Waals surface area contributed by atoms with Crippen LogP contribution >= 0.6 is 36.2 Å². The van der Waals surface area contributed by atoms with Crippen LogP contribution in [0.3, 0.4) is 0 Å². The largest absolute Gasteiger partial charge is 0.494 e. The summed E-state index contributed by atoms with van der Waals surface area (Å²) in [6, 6.07) is 24.3. The van der Waals surface area contributed by atoms with Crippen LogP contribution in [0.1, 0.15) is 36.8 Å². The Bertz CT molecular complexity index is 1510. The van der Waals surface area contributed by atoms with Crippen molar-refractivity contribution < 1.29 is 19.1 Å². The molecule has 5 N–H and O–H groups in total. The van der Waals surface area contributed by atoms with Gasteiger partial charge in [-0.3, -0.25) is 14.5 Å². The van der Waals surface area contributed by atoms with E-state index in [0.29, 0.717) is 19.6 Å². The van der Waals surface area contributed by atoms with Gasteiger partial charge in [0, 0.05) is 22.7 Å². The number of fused-ring (bicyclic) bond motifs is 1. The zero-order valence-corrected chi connectivity index (χ0v) is 27.7. The van der Waals surface area contributed by atoms with E-state index >= 15 is 0 Å². The second-order valence-corrected chi connectivity index (χ2v) is 12.0. The van der Waals surface area contributed by atoms with Gasteiger partial charge in [-0.15, -0.1) is 36.2 Å². The maximum atomic E-state index is 11.9. The first-order valence-electron chi connectivity index (χ1n) is 15.0. The molecule has 3 aromatic carbocycles. The molecule has 2 amide bonds. The van der Waals surface area contributed by atoms with Gasteiger partial charge >= 0.3 is 0 Å². The number of likely N-dealkylation sites (tertiary alicyclic amines) is 1. The van der Waals surface area contributed by atoms with E-state index in [0.717, 1.165) is 36.6 Å². The Morgan fingerprint density at radius 1 is 0.889 bits per heavy atom. The summed E-state index contributed by atoms with van der Waals surface area (Å²) in [7, 11) is 0. The van der Waals surface area contributed by atoms with Crippen LogP contribution in [0.5, 0.6) is 11.5 Å². The van der Waals surface area contributed by atoms with Gasteiger partial charge in [0.2, 0.25) is 11.8 Å². The highest BCUT2D eigenvalue weighted by Gasteiger charge is 2.16. The Hall–Kier alpha value is -3.34. The van der Waals surface area contributed by atoms with Crippen LogP contribution in [0, 0.1) is 0 Å². The number of ether oxygens (including phenoxy) is 2. The molecule has 1 aliphatic heterocycles. The third-order valence-electron chi connectivity index (χ3n) is 7.64. The van der Waals surface area contributed by atoms with Gasteiger partial charge in [-0.1, -0.05) is 30.3 Å². The van der Waals surface area contributed by atoms with Gasteiger partial charge in [-0.2, -0.15) is 0 Å². The summed E-state index contributed by atoms with van der Waals surface area (Å²) in [6.45, 7) is 4.93. The first-order chi connectivity index (χ1) is 21.0. The molecule has 0 bridgehead atoms. The fourth-order valence-electron chi connectivity index (χ4n) is 5.33. The van der Waals surface area contributed by atoms with Crippen LogP contribution in [0.4, 0.5) is 0 Å². The van der Waals surface area contributed by atoms with Crippen molar-refractivity contribution in [2.24, 2.45) is 11.5 Å². The van der Waals surface area contributed by atoms with E-state index < -0.39 is 11.9 Å². The second-order valence-electron chi connectivity index (χ2n) is 10.9. The van der Waals surface area contributed by atoms with Gasteiger partial charge in [0.25, 0.3) is 0 Å². The topological polar surface area (TPSA) is 120 Å². The lowest BCUT2D eigenvalue weighted by Gasteiger charge is -2.15. The van der Waals surface area contributed by atoms with Crippen LogP contribution < -0.4 is 26.3 Å². The van der Waals surface area contributed by atoms with E-state index in [-0.39, 0.29) is 37.1 Å². The highest BCUT2D eigenvalue weighted by molar-refractivity contribution is 7.22. The molecule has 11 heteroatoms. The number of rotatable bonds is 15. The SMILES string of the molecule is Cl.Cl.NC(=O)CC(N)C(=O)NCCCOc1ccc(-c2sc3ccccc3c2Cc2ccc(OCCN3CCCC3)cc2)cc1. The first-order valence-corrected chi connectivity index (χ1v) is 15.8. The fourth-order valence-corrected chi connectivity index (χ4v) is 6.56. The minimum Gasteiger partial charge on any atom is -0.494 e. The fraction of sp³-hybridized carbons (Fsp3) is 0.353. The van der Waals surface area contributed by atoms with Crippen molar-refractivity contribution in [3.8, 4) is 21.9 Å². The summed E-state index contributed by atoms with van der Waals surface area (Å²) in [5.41, 5.74) is 14.5. The first kappa shape index (κ1) is 36.1. The molecule has 1 aromatic heterocycles. The molecular formula is C34H42Cl2N4O4S. The third-order valence-corrected chi connectivity index (χ3v) is 8.90. The number of benzene rings is 3. The van der Waals surface area contributed by atoms with E-state index in [1.165, 1.54) is 52.0 Å². The average Bonchev–Trinajstić information content (AvgIpc) is 3.66. The average molecular weight is 674 g/mol. The van der Waals surface area contributed by atoms with Crippen LogP contribution in [0.25, 0.3) is 20.5 Å². The molecule has 0 aliphatic carbocycles. The number of carbonyl (C=O) groups is 2. The molecule has 2 heterocycles. The molecule has 1 saturated heterocycles. The van der Waals surface area contributed by atoms with E-state index in [2.05, 4.69) is 70.9 Å². The molecule has 1 fully saturated rings. The second kappa shape index (κ2) is 18.0. The Morgan fingerprint density at radius 2 is 1.53 bits per heavy atom. The predicted molar refractivity (Wildman–Crippen MR) is 187 cm³/mol. The molecule has 8 nitrogen and oxygen atoms in total. The molecule has 0 radical (unpaired) electrons. The number of amides is 2. The predicted octanol–water partition coefficient (Wildman–Crippen LogP) is 5.57. The summed E-state index contributed by atoms with van der Waals surface area (Å²) in [5.74, 6) is 0.700. The highest BCUT2D eigenvalue weighted by atomic mass is 35.5. The molecule has 5 rings (SSSR count). The molecule has 1 unspecified atom stereocenters. The zero-order chi connectivity index (χ0) is 30.0. The van der Waals surface area contributed by atoms with Gasteiger partial charge in [-0.25, -0.2) is 0 Å². The lowest BCUT2D eigenvalue weighted by atomic mass is 9.99. The van der Waals surface area contributed by atoms with Crippen LogP contribution in [-0.4, -0.2) is 62.1 Å². The summed E-state index contributed by atoms with van der Waals surface area (Å²) in [6.07, 6.45) is 3.87. The number of hydrogen-bond donors (Lipinski definition) is 3. The smallest absolute Gasteiger partial charge is 0.237 e.